The molecular formula is C21H32O2. The van der Waals surface area contributed by atoms with E-state index in [4.69, 9.17) is 12.0 Å². The van der Waals surface area contributed by atoms with Gasteiger partial charge in [0.05, 0.1) is 0 Å². The van der Waals surface area contributed by atoms with E-state index in [1.165, 1.54) is 6.08 Å². The van der Waals surface area contributed by atoms with E-state index in [0.717, 1.165) is 44.6 Å². The smallest absolute Gasteiger partial charge is 0.303 e. The van der Waals surface area contributed by atoms with E-state index in [9.17, 15) is 4.79 Å². The van der Waals surface area contributed by atoms with Crippen LogP contribution in [0.15, 0.2) is 60.8 Å². The van der Waals surface area contributed by atoms with Crippen LogP contribution in [0.3, 0.4) is 0 Å². The van der Waals surface area contributed by atoms with Gasteiger partial charge in [0, 0.05) is 13.3 Å². The first-order valence-electron chi connectivity index (χ1n) is 10.7. The molecule has 0 fully saturated rings. The highest BCUT2D eigenvalue weighted by Gasteiger charge is 1.93. The maximum absolute atomic E-state index is 10.4. The molecule has 0 amide bonds. The van der Waals surface area contributed by atoms with E-state index in [1.807, 2.05) is 18.2 Å². The minimum Gasteiger partial charge on any atom is -0.481 e. The van der Waals surface area contributed by atoms with Crippen LogP contribution in [0.4, 0.5) is 0 Å². The average molecular weight is 322 g/mol. The Bertz CT molecular complexity index is 570. The lowest BCUT2D eigenvalue weighted by Crippen LogP contribution is -1.92. The van der Waals surface area contributed by atoms with Crippen molar-refractivity contribution in [1.29, 1.82) is 0 Å². The number of rotatable bonds is 14. The maximum atomic E-state index is 10.4. The average Bonchev–Trinajstić information content (AvgIpc) is 2.59. The highest BCUT2D eigenvalue weighted by atomic mass is 16.4. The number of hydrogen-bond donors (Lipinski definition) is 1. The van der Waals surface area contributed by atoms with E-state index in [2.05, 4.69) is 30.4 Å². The molecule has 0 rings (SSSR count). The van der Waals surface area contributed by atoms with Gasteiger partial charge in [0.15, 0.2) is 0 Å². The number of aliphatic carboxylic acids is 1. The summed E-state index contributed by atoms with van der Waals surface area (Å²) in [6.07, 6.45) is 22.5. The quantitative estimate of drug-likeness (QED) is 0.297. The normalized spacial score (nSPS) is 17.1. The Morgan fingerprint density at radius 1 is 0.826 bits per heavy atom. The second-order valence-electron chi connectivity index (χ2n) is 5.01. The van der Waals surface area contributed by atoms with Gasteiger partial charge in [0.25, 0.3) is 0 Å². The summed E-state index contributed by atoms with van der Waals surface area (Å²) in [5, 5.41) is 8.52. The van der Waals surface area contributed by atoms with Crippen molar-refractivity contribution < 1.29 is 16.8 Å². The topological polar surface area (TPSA) is 37.3 Å². The lowest BCUT2D eigenvalue weighted by Gasteiger charge is -1.92. The third-order valence-electron chi connectivity index (χ3n) is 2.97. The van der Waals surface area contributed by atoms with Crippen molar-refractivity contribution in [1.82, 2.24) is 0 Å². The molecule has 0 aliphatic rings. The molecule has 0 unspecified atom stereocenters. The molecule has 128 valence electrons. The predicted octanol–water partition coefficient (Wildman–Crippen LogP) is 6.38. The van der Waals surface area contributed by atoms with Gasteiger partial charge < -0.3 is 5.11 Å². The molecule has 0 aliphatic heterocycles. The zero-order valence-electron chi connectivity index (χ0n) is 18.8. The molecule has 1 N–H and O–H groups in total. The molecule has 0 aromatic heterocycles. The molecule has 0 heterocycles. The summed E-state index contributed by atoms with van der Waals surface area (Å²) < 4.78 is 36.2. The Hall–Kier alpha value is -1.83. The van der Waals surface area contributed by atoms with Crippen molar-refractivity contribution in [3.63, 3.8) is 0 Å². The molecule has 2 heteroatoms. The van der Waals surface area contributed by atoms with Crippen LogP contribution in [-0.2, 0) is 4.79 Å². The van der Waals surface area contributed by atoms with Crippen molar-refractivity contribution in [2.24, 2.45) is 0 Å². The van der Waals surface area contributed by atoms with Gasteiger partial charge in [0.1, 0.15) is 0 Å². The monoisotopic (exact) mass is 321 g/mol. The van der Waals surface area contributed by atoms with Gasteiger partial charge in [-0.1, -0.05) is 67.6 Å². The highest BCUT2D eigenvalue weighted by molar-refractivity contribution is 5.66. The zero-order valence-corrected chi connectivity index (χ0v) is 13.8. The summed E-state index contributed by atoms with van der Waals surface area (Å²) in [4.78, 5) is 10.4. The van der Waals surface area contributed by atoms with Crippen molar-refractivity contribution in [2.75, 3.05) is 0 Å². The fourth-order valence-corrected chi connectivity index (χ4v) is 1.77. The third-order valence-corrected chi connectivity index (χ3v) is 2.97. The number of unbranched alkanes of at least 4 members (excludes halogenated alkanes) is 2. The van der Waals surface area contributed by atoms with Crippen LogP contribution < -0.4 is 0 Å². The second-order valence-corrected chi connectivity index (χ2v) is 5.01. The zero-order chi connectivity index (χ0) is 21.3. The van der Waals surface area contributed by atoms with Crippen molar-refractivity contribution >= 4 is 5.97 Å². The largest absolute Gasteiger partial charge is 0.481 e. The van der Waals surface area contributed by atoms with Gasteiger partial charge >= 0.3 is 5.97 Å². The lowest BCUT2D eigenvalue weighted by atomic mass is 10.2. The summed E-state index contributed by atoms with van der Waals surface area (Å²) in [5.74, 6) is -0.734. The number of carboxylic acid groups (broad SMARTS) is 1. The van der Waals surface area contributed by atoms with Crippen LogP contribution >= 0.6 is 0 Å². The van der Waals surface area contributed by atoms with E-state index in [-0.39, 0.29) is 6.42 Å². The summed E-state index contributed by atoms with van der Waals surface area (Å²) >= 11 is 0. The SMILES string of the molecule is [2H]C([2H])([2H])C([2H])([2H])/C=C\C/C=C\C/C=C\C/C=C\C/C=C\CCCCC(=O)O. The van der Waals surface area contributed by atoms with Crippen molar-refractivity contribution in [3.05, 3.63) is 60.8 Å². The summed E-state index contributed by atoms with van der Waals surface area (Å²) in [6.45, 7) is -2.64. The van der Waals surface area contributed by atoms with Crippen LogP contribution in [0.2, 0.25) is 0 Å². The first kappa shape index (κ1) is 13.6. The molecule has 23 heavy (non-hydrogen) atoms. The van der Waals surface area contributed by atoms with Gasteiger partial charge in [-0.2, -0.15) is 0 Å². The molecule has 0 aromatic carbocycles. The Morgan fingerprint density at radius 2 is 1.30 bits per heavy atom. The highest BCUT2D eigenvalue weighted by Crippen LogP contribution is 2.01. The Kier molecular flexibility index (Phi) is 10.8. The van der Waals surface area contributed by atoms with Gasteiger partial charge in [-0.25, -0.2) is 0 Å². The first-order chi connectivity index (χ1) is 13.2. The minimum absolute atomic E-state index is 0.244. The summed E-state index contributed by atoms with van der Waals surface area (Å²) in [5.41, 5.74) is 0. The standard InChI is InChI=1S/C21H32O2/c1-2-3-4-5-6-7-8-9-10-11-12-13-14-15-16-17-18-19-20-21(22)23/h3-4,6-7,9-10,12-13,15-16H,2,5,8,11,14,17-20H2,1H3,(H,22,23)/b4-3-,7-6-,10-9-,13-12-,16-15-/i1D3,2D2. The first-order valence-corrected chi connectivity index (χ1v) is 8.16. The van der Waals surface area contributed by atoms with Gasteiger partial charge in [-0.3, -0.25) is 4.79 Å². The third kappa shape index (κ3) is 20.2. The molecule has 0 saturated heterocycles. The Balaban J connectivity index is 3.73. The molecule has 0 aliphatic carbocycles. The van der Waals surface area contributed by atoms with Crippen LogP contribution in [0, 0.1) is 0 Å². The summed E-state index contributed by atoms with van der Waals surface area (Å²) in [6, 6.07) is 0. The van der Waals surface area contributed by atoms with Crippen molar-refractivity contribution in [3.8, 4) is 0 Å². The minimum atomic E-state index is -2.64. The molecule has 0 saturated carbocycles. The summed E-state index contributed by atoms with van der Waals surface area (Å²) in [7, 11) is 0. The van der Waals surface area contributed by atoms with Gasteiger partial charge in [-0.05, 0) is 51.3 Å². The fraction of sp³-hybridized carbons (Fsp3) is 0.476. The number of carbonyl (C=O) groups is 1. The van der Waals surface area contributed by atoms with Crippen molar-refractivity contribution in [2.45, 2.75) is 64.6 Å². The number of allylic oxidation sites excluding steroid dienone is 10. The lowest BCUT2D eigenvalue weighted by molar-refractivity contribution is -0.137. The van der Waals surface area contributed by atoms with Crippen LogP contribution in [-0.4, -0.2) is 11.1 Å². The van der Waals surface area contributed by atoms with Gasteiger partial charge in [-0.15, -0.1) is 0 Å². The molecule has 0 bridgehead atoms. The van der Waals surface area contributed by atoms with Crippen LogP contribution in [0.1, 0.15) is 71.4 Å². The fourth-order valence-electron chi connectivity index (χ4n) is 1.77. The Morgan fingerprint density at radius 3 is 1.78 bits per heavy atom. The number of hydrogen-bond acceptors (Lipinski definition) is 1. The van der Waals surface area contributed by atoms with E-state index < -0.39 is 19.2 Å². The van der Waals surface area contributed by atoms with Gasteiger partial charge in [0.2, 0.25) is 0 Å². The predicted molar refractivity (Wildman–Crippen MR) is 101 cm³/mol. The maximum Gasteiger partial charge on any atom is 0.303 e. The molecule has 0 aromatic rings. The second kappa shape index (κ2) is 18.2. The van der Waals surface area contributed by atoms with Crippen LogP contribution in [0.25, 0.3) is 0 Å². The molecule has 0 atom stereocenters. The molecule has 0 radical (unpaired) electrons. The molecule has 2 nitrogen and oxygen atoms in total. The van der Waals surface area contributed by atoms with E-state index >= 15 is 0 Å². The Labute approximate surface area is 149 Å². The number of carboxylic acids is 1. The van der Waals surface area contributed by atoms with Crippen LogP contribution in [0.5, 0.6) is 0 Å². The van der Waals surface area contributed by atoms with E-state index in [0.29, 0.717) is 6.42 Å². The molecular weight excluding hydrogens is 284 g/mol. The molecule has 0 spiro atoms. The van der Waals surface area contributed by atoms with E-state index in [1.54, 1.807) is 0 Å².